The first-order valence-corrected chi connectivity index (χ1v) is 6.71. The number of para-hydroxylation sites is 1. The predicted octanol–water partition coefficient (Wildman–Crippen LogP) is 5.61. The van der Waals surface area contributed by atoms with Gasteiger partial charge in [-0.3, -0.25) is 0 Å². The van der Waals surface area contributed by atoms with Gasteiger partial charge in [0.1, 0.15) is 5.82 Å². The first-order valence-electron chi connectivity index (χ1n) is 5.95. The van der Waals surface area contributed by atoms with E-state index in [9.17, 15) is 4.39 Å². The molecular formula is C15H14Cl2FN. The van der Waals surface area contributed by atoms with Crippen molar-refractivity contribution in [3.05, 3.63) is 63.4 Å². The van der Waals surface area contributed by atoms with Crippen LogP contribution in [0.15, 0.2) is 36.4 Å². The molecule has 19 heavy (non-hydrogen) atoms. The van der Waals surface area contributed by atoms with E-state index in [1.807, 2.05) is 32.0 Å². The van der Waals surface area contributed by atoms with Crippen molar-refractivity contribution in [3.63, 3.8) is 0 Å². The standard InChI is InChI=1S/C15H14Cl2FN/c1-9-4-3-5-12(16)15(9)19-10(2)11-6-7-14(18)13(17)8-11/h3-8,10,19H,1-2H3. The average molecular weight is 298 g/mol. The summed E-state index contributed by atoms with van der Waals surface area (Å²) in [5.74, 6) is -0.411. The lowest BCUT2D eigenvalue weighted by Crippen LogP contribution is -2.08. The smallest absolute Gasteiger partial charge is 0.141 e. The number of rotatable bonds is 3. The highest BCUT2D eigenvalue weighted by molar-refractivity contribution is 6.33. The van der Waals surface area contributed by atoms with Crippen LogP contribution in [0.4, 0.5) is 10.1 Å². The highest BCUT2D eigenvalue weighted by Gasteiger charge is 2.11. The van der Waals surface area contributed by atoms with Gasteiger partial charge in [-0.25, -0.2) is 4.39 Å². The Balaban J connectivity index is 2.25. The highest BCUT2D eigenvalue weighted by Crippen LogP contribution is 2.30. The molecule has 0 saturated heterocycles. The fourth-order valence-electron chi connectivity index (χ4n) is 1.90. The van der Waals surface area contributed by atoms with Crippen LogP contribution in [0.1, 0.15) is 24.1 Å². The summed E-state index contributed by atoms with van der Waals surface area (Å²) in [6.07, 6.45) is 0. The number of halogens is 3. The van der Waals surface area contributed by atoms with Gasteiger partial charge in [0.25, 0.3) is 0 Å². The van der Waals surface area contributed by atoms with Gasteiger partial charge in [0.15, 0.2) is 0 Å². The second-order valence-electron chi connectivity index (χ2n) is 4.47. The van der Waals surface area contributed by atoms with Crippen molar-refractivity contribution >= 4 is 28.9 Å². The van der Waals surface area contributed by atoms with E-state index in [1.54, 1.807) is 12.1 Å². The summed E-state index contributed by atoms with van der Waals surface area (Å²) in [4.78, 5) is 0. The Bertz CT molecular complexity index is 578. The van der Waals surface area contributed by atoms with Crippen molar-refractivity contribution in [1.82, 2.24) is 0 Å². The Hall–Kier alpha value is -1.25. The van der Waals surface area contributed by atoms with Crippen LogP contribution in [0.5, 0.6) is 0 Å². The van der Waals surface area contributed by atoms with Crippen molar-refractivity contribution in [2.24, 2.45) is 0 Å². The van der Waals surface area contributed by atoms with Gasteiger partial charge in [0.2, 0.25) is 0 Å². The molecule has 0 aliphatic heterocycles. The normalized spacial score (nSPS) is 12.3. The highest BCUT2D eigenvalue weighted by atomic mass is 35.5. The Morgan fingerprint density at radius 1 is 1.11 bits per heavy atom. The maximum Gasteiger partial charge on any atom is 0.141 e. The van der Waals surface area contributed by atoms with Gasteiger partial charge in [-0.15, -0.1) is 0 Å². The van der Waals surface area contributed by atoms with Crippen molar-refractivity contribution in [3.8, 4) is 0 Å². The van der Waals surface area contributed by atoms with Crippen LogP contribution in [-0.4, -0.2) is 0 Å². The molecular weight excluding hydrogens is 284 g/mol. The van der Waals surface area contributed by atoms with Gasteiger partial charge in [-0.05, 0) is 43.2 Å². The Morgan fingerprint density at radius 2 is 1.84 bits per heavy atom. The molecule has 0 fully saturated rings. The van der Waals surface area contributed by atoms with Gasteiger partial charge in [-0.2, -0.15) is 0 Å². The monoisotopic (exact) mass is 297 g/mol. The molecule has 1 nitrogen and oxygen atoms in total. The molecule has 0 spiro atoms. The van der Waals surface area contributed by atoms with Gasteiger partial charge in [0, 0.05) is 6.04 Å². The summed E-state index contributed by atoms with van der Waals surface area (Å²) in [6, 6.07) is 10.4. The molecule has 0 aliphatic rings. The van der Waals surface area contributed by atoms with Crippen LogP contribution < -0.4 is 5.32 Å². The third-order valence-corrected chi connectivity index (χ3v) is 3.63. The summed E-state index contributed by atoms with van der Waals surface area (Å²) >= 11 is 12.0. The number of aryl methyl sites for hydroxylation is 1. The van der Waals surface area contributed by atoms with E-state index in [0.717, 1.165) is 16.8 Å². The van der Waals surface area contributed by atoms with Crippen LogP contribution in [0, 0.1) is 12.7 Å². The third kappa shape index (κ3) is 3.20. The maximum absolute atomic E-state index is 13.1. The number of anilines is 1. The van der Waals surface area contributed by atoms with Crippen LogP contribution in [0.25, 0.3) is 0 Å². The zero-order valence-electron chi connectivity index (χ0n) is 10.7. The van der Waals surface area contributed by atoms with E-state index in [-0.39, 0.29) is 11.1 Å². The number of benzene rings is 2. The molecule has 4 heteroatoms. The molecule has 100 valence electrons. The molecule has 0 radical (unpaired) electrons. The fraction of sp³-hybridized carbons (Fsp3) is 0.200. The Morgan fingerprint density at radius 3 is 2.47 bits per heavy atom. The molecule has 0 amide bonds. The van der Waals surface area contributed by atoms with Crippen LogP contribution in [-0.2, 0) is 0 Å². The molecule has 2 aromatic carbocycles. The first-order chi connectivity index (χ1) is 8.99. The minimum atomic E-state index is -0.411. The van der Waals surface area contributed by atoms with E-state index in [4.69, 9.17) is 23.2 Å². The number of hydrogen-bond acceptors (Lipinski definition) is 1. The third-order valence-electron chi connectivity index (χ3n) is 3.03. The van der Waals surface area contributed by atoms with E-state index in [1.165, 1.54) is 6.07 Å². The molecule has 2 aromatic rings. The lowest BCUT2D eigenvalue weighted by Gasteiger charge is -2.19. The predicted molar refractivity (Wildman–Crippen MR) is 79.6 cm³/mol. The zero-order valence-corrected chi connectivity index (χ0v) is 12.2. The first kappa shape index (κ1) is 14.2. The van der Waals surface area contributed by atoms with E-state index in [2.05, 4.69) is 5.32 Å². The number of hydrogen-bond donors (Lipinski definition) is 1. The molecule has 0 aromatic heterocycles. The Labute approximate surface area is 122 Å². The molecule has 1 unspecified atom stereocenters. The van der Waals surface area contributed by atoms with Crippen LogP contribution >= 0.6 is 23.2 Å². The summed E-state index contributed by atoms with van der Waals surface area (Å²) in [5.41, 5.74) is 2.86. The maximum atomic E-state index is 13.1. The second-order valence-corrected chi connectivity index (χ2v) is 5.29. The van der Waals surface area contributed by atoms with Gasteiger partial charge in [-0.1, -0.05) is 41.4 Å². The summed E-state index contributed by atoms with van der Waals surface area (Å²) in [6.45, 7) is 3.96. The average Bonchev–Trinajstić information content (AvgIpc) is 2.37. The summed E-state index contributed by atoms with van der Waals surface area (Å²) in [5, 5.41) is 4.12. The lowest BCUT2D eigenvalue weighted by atomic mass is 10.1. The van der Waals surface area contributed by atoms with Crippen molar-refractivity contribution < 1.29 is 4.39 Å². The minimum absolute atomic E-state index is 0.0169. The van der Waals surface area contributed by atoms with E-state index >= 15 is 0 Å². The largest absolute Gasteiger partial charge is 0.377 e. The SMILES string of the molecule is Cc1cccc(Cl)c1NC(C)c1ccc(F)c(Cl)c1. The molecule has 1 atom stereocenters. The molecule has 1 N–H and O–H groups in total. The lowest BCUT2D eigenvalue weighted by molar-refractivity contribution is 0.627. The zero-order chi connectivity index (χ0) is 14.0. The van der Waals surface area contributed by atoms with Crippen molar-refractivity contribution in [1.29, 1.82) is 0 Å². The molecule has 0 bridgehead atoms. The van der Waals surface area contributed by atoms with Gasteiger partial charge in [0.05, 0.1) is 15.7 Å². The molecule has 0 saturated carbocycles. The van der Waals surface area contributed by atoms with Crippen LogP contribution in [0.3, 0.4) is 0 Å². The second kappa shape index (κ2) is 5.81. The molecule has 0 heterocycles. The number of nitrogens with one attached hydrogen (secondary N) is 1. The summed E-state index contributed by atoms with van der Waals surface area (Å²) in [7, 11) is 0. The van der Waals surface area contributed by atoms with Gasteiger partial charge < -0.3 is 5.32 Å². The summed E-state index contributed by atoms with van der Waals surface area (Å²) < 4.78 is 13.1. The topological polar surface area (TPSA) is 12.0 Å². The molecule has 0 aliphatic carbocycles. The fourth-order valence-corrected chi connectivity index (χ4v) is 2.36. The van der Waals surface area contributed by atoms with E-state index in [0.29, 0.717) is 5.02 Å². The van der Waals surface area contributed by atoms with Crippen molar-refractivity contribution in [2.75, 3.05) is 5.32 Å². The van der Waals surface area contributed by atoms with Crippen LogP contribution in [0.2, 0.25) is 10.0 Å². The van der Waals surface area contributed by atoms with Gasteiger partial charge >= 0.3 is 0 Å². The van der Waals surface area contributed by atoms with Crippen molar-refractivity contribution in [2.45, 2.75) is 19.9 Å². The Kier molecular flexibility index (Phi) is 4.33. The van der Waals surface area contributed by atoms with E-state index < -0.39 is 5.82 Å². The quantitative estimate of drug-likeness (QED) is 0.776. The molecule has 2 rings (SSSR count). The minimum Gasteiger partial charge on any atom is -0.377 e.